The van der Waals surface area contributed by atoms with E-state index in [-0.39, 0.29) is 12.7 Å². The van der Waals surface area contributed by atoms with Crippen molar-refractivity contribution in [3.05, 3.63) is 29.8 Å². The zero-order valence-electron chi connectivity index (χ0n) is 13.5. The van der Waals surface area contributed by atoms with Crippen molar-refractivity contribution >= 4 is 23.5 Å². The highest BCUT2D eigenvalue weighted by molar-refractivity contribution is 5.94. The minimum Gasteiger partial charge on any atom is -0.459 e. The smallest absolute Gasteiger partial charge is 0.338 e. The number of esters is 2. The number of amides is 1. The first-order chi connectivity index (χ1) is 10.9. The van der Waals surface area contributed by atoms with Crippen LogP contribution in [0.1, 0.15) is 31.1 Å². The van der Waals surface area contributed by atoms with Crippen LogP contribution in [0.3, 0.4) is 0 Å². The summed E-state index contributed by atoms with van der Waals surface area (Å²) >= 11 is 0. The normalized spacial score (nSPS) is 10.3. The summed E-state index contributed by atoms with van der Waals surface area (Å²) in [6.07, 6.45) is -0.201. The van der Waals surface area contributed by atoms with Crippen molar-refractivity contribution in [3.8, 4) is 0 Å². The van der Waals surface area contributed by atoms with E-state index in [4.69, 9.17) is 14.2 Å². The summed E-state index contributed by atoms with van der Waals surface area (Å²) < 4.78 is 14.7. The van der Waals surface area contributed by atoms with Gasteiger partial charge in [-0.25, -0.2) is 9.59 Å². The van der Waals surface area contributed by atoms with Gasteiger partial charge in [-0.15, -0.1) is 0 Å². The van der Waals surface area contributed by atoms with Crippen molar-refractivity contribution in [1.82, 2.24) is 0 Å². The lowest BCUT2D eigenvalue weighted by atomic mass is 10.2. The van der Waals surface area contributed by atoms with Crippen molar-refractivity contribution < 1.29 is 28.6 Å². The van der Waals surface area contributed by atoms with Crippen molar-refractivity contribution in [1.29, 1.82) is 0 Å². The molecule has 1 aromatic carbocycles. The molecule has 0 bridgehead atoms. The molecule has 126 valence electrons. The van der Waals surface area contributed by atoms with Crippen molar-refractivity contribution in [2.75, 3.05) is 25.1 Å². The maximum atomic E-state index is 11.7. The molecule has 0 saturated heterocycles. The van der Waals surface area contributed by atoms with Gasteiger partial charge in [0.25, 0.3) is 5.91 Å². The number of ether oxygens (including phenoxy) is 3. The maximum absolute atomic E-state index is 11.7. The lowest BCUT2D eigenvalue weighted by molar-refractivity contribution is -0.151. The number of hydrogen-bond donors (Lipinski definition) is 1. The van der Waals surface area contributed by atoms with Gasteiger partial charge in [0, 0.05) is 12.3 Å². The third-order valence-electron chi connectivity index (χ3n) is 2.54. The van der Waals surface area contributed by atoms with Crippen LogP contribution < -0.4 is 5.32 Å². The van der Waals surface area contributed by atoms with Crippen LogP contribution in [0.4, 0.5) is 5.69 Å². The Morgan fingerprint density at radius 3 is 2.30 bits per heavy atom. The van der Waals surface area contributed by atoms with Gasteiger partial charge in [0.2, 0.25) is 0 Å². The van der Waals surface area contributed by atoms with Crippen LogP contribution in [0.25, 0.3) is 0 Å². The first kappa shape index (κ1) is 18.6. The van der Waals surface area contributed by atoms with Gasteiger partial charge in [-0.05, 0) is 45.0 Å². The van der Waals surface area contributed by atoms with E-state index >= 15 is 0 Å². The van der Waals surface area contributed by atoms with Crippen LogP contribution >= 0.6 is 0 Å². The van der Waals surface area contributed by atoms with Gasteiger partial charge in [-0.1, -0.05) is 0 Å². The van der Waals surface area contributed by atoms with E-state index in [2.05, 4.69) is 5.32 Å². The third-order valence-corrected chi connectivity index (χ3v) is 2.54. The van der Waals surface area contributed by atoms with E-state index in [1.54, 1.807) is 45.0 Å². The standard InChI is InChI=1S/C16H21NO6/c1-4-21-10-15(19)22-9-14(18)17-13-7-5-12(6-8-13)16(20)23-11(2)3/h5-8,11H,4,9-10H2,1-3H3,(H,17,18). The molecule has 0 heterocycles. The molecular weight excluding hydrogens is 302 g/mol. The number of benzene rings is 1. The predicted octanol–water partition coefficient (Wildman–Crippen LogP) is 1.77. The fraction of sp³-hybridized carbons (Fsp3) is 0.438. The van der Waals surface area contributed by atoms with Gasteiger partial charge < -0.3 is 19.5 Å². The van der Waals surface area contributed by atoms with Crippen molar-refractivity contribution in [2.24, 2.45) is 0 Å². The molecule has 1 aromatic rings. The van der Waals surface area contributed by atoms with E-state index in [1.165, 1.54) is 0 Å². The quantitative estimate of drug-likeness (QED) is 0.733. The van der Waals surface area contributed by atoms with E-state index in [1.807, 2.05) is 0 Å². The number of nitrogens with one attached hydrogen (secondary N) is 1. The minimum atomic E-state index is -0.603. The van der Waals surface area contributed by atoms with Crippen LogP contribution in [-0.4, -0.2) is 43.8 Å². The van der Waals surface area contributed by atoms with Crippen LogP contribution in [0.2, 0.25) is 0 Å². The molecule has 0 aromatic heterocycles. The molecule has 0 spiro atoms. The number of hydrogen-bond acceptors (Lipinski definition) is 6. The second-order valence-electron chi connectivity index (χ2n) is 4.88. The Balaban J connectivity index is 2.44. The highest BCUT2D eigenvalue weighted by Gasteiger charge is 2.10. The van der Waals surface area contributed by atoms with Gasteiger partial charge in [-0.3, -0.25) is 4.79 Å². The van der Waals surface area contributed by atoms with Crippen molar-refractivity contribution in [3.63, 3.8) is 0 Å². The zero-order chi connectivity index (χ0) is 17.2. The van der Waals surface area contributed by atoms with E-state index < -0.39 is 24.5 Å². The molecular formula is C16H21NO6. The molecule has 0 atom stereocenters. The predicted molar refractivity (Wildman–Crippen MR) is 83.1 cm³/mol. The molecule has 0 fully saturated rings. The van der Waals surface area contributed by atoms with Crippen LogP contribution in [0.5, 0.6) is 0 Å². The van der Waals surface area contributed by atoms with E-state index in [0.717, 1.165) is 0 Å². The molecule has 7 heteroatoms. The molecule has 1 rings (SSSR count). The molecule has 23 heavy (non-hydrogen) atoms. The summed E-state index contributed by atoms with van der Waals surface area (Å²) in [4.78, 5) is 34.5. The number of rotatable bonds is 8. The molecule has 0 unspecified atom stereocenters. The average Bonchev–Trinajstić information content (AvgIpc) is 2.51. The lowest BCUT2D eigenvalue weighted by Crippen LogP contribution is -2.23. The molecule has 0 aliphatic carbocycles. The molecule has 0 aliphatic heterocycles. The lowest BCUT2D eigenvalue weighted by Gasteiger charge is -2.09. The van der Waals surface area contributed by atoms with Gasteiger partial charge in [0.15, 0.2) is 6.61 Å². The fourth-order valence-electron chi connectivity index (χ4n) is 1.54. The fourth-order valence-corrected chi connectivity index (χ4v) is 1.54. The summed E-state index contributed by atoms with van der Waals surface area (Å²) in [6, 6.07) is 6.22. The number of carbonyl (C=O) groups is 3. The van der Waals surface area contributed by atoms with Gasteiger partial charge in [0.05, 0.1) is 11.7 Å². The Bertz CT molecular complexity index is 538. The maximum Gasteiger partial charge on any atom is 0.338 e. The Morgan fingerprint density at radius 2 is 1.74 bits per heavy atom. The second kappa shape index (κ2) is 9.58. The Morgan fingerprint density at radius 1 is 1.09 bits per heavy atom. The second-order valence-corrected chi connectivity index (χ2v) is 4.88. The summed E-state index contributed by atoms with van der Waals surface area (Å²) in [6.45, 7) is 5.09. The first-order valence-corrected chi connectivity index (χ1v) is 7.26. The molecule has 1 amide bonds. The van der Waals surface area contributed by atoms with Gasteiger partial charge in [-0.2, -0.15) is 0 Å². The van der Waals surface area contributed by atoms with Crippen LogP contribution in [0.15, 0.2) is 24.3 Å². The SMILES string of the molecule is CCOCC(=O)OCC(=O)Nc1ccc(C(=O)OC(C)C)cc1. The summed E-state index contributed by atoms with van der Waals surface area (Å²) in [5.41, 5.74) is 0.872. The summed E-state index contributed by atoms with van der Waals surface area (Å²) in [5.74, 6) is -1.51. The van der Waals surface area contributed by atoms with E-state index in [9.17, 15) is 14.4 Å². The molecule has 0 radical (unpaired) electrons. The topological polar surface area (TPSA) is 90.9 Å². The average molecular weight is 323 g/mol. The third kappa shape index (κ3) is 7.42. The number of carbonyl (C=O) groups excluding carboxylic acids is 3. The number of anilines is 1. The van der Waals surface area contributed by atoms with E-state index in [0.29, 0.717) is 17.9 Å². The molecule has 1 N–H and O–H groups in total. The Labute approximate surface area is 134 Å². The highest BCUT2D eigenvalue weighted by atomic mass is 16.6. The molecule has 7 nitrogen and oxygen atoms in total. The van der Waals surface area contributed by atoms with Crippen molar-refractivity contribution in [2.45, 2.75) is 26.9 Å². The highest BCUT2D eigenvalue weighted by Crippen LogP contribution is 2.11. The van der Waals surface area contributed by atoms with Gasteiger partial charge >= 0.3 is 11.9 Å². The largest absolute Gasteiger partial charge is 0.459 e. The van der Waals surface area contributed by atoms with Crippen LogP contribution in [0, 0.1) is 0 Å². The summed E-state index contributed by atoms with van der Waals surface area (Å²) in [7, 11) is 0. The summed E-state index contributed by atoms with van der Waals surface area (Å²) in [5, 5.41) is 2.55. The zero-order valence-corrected chi connectivity index (χ0v) is 13.5. The van der Waals surface area contributed by atoms with Crippen LogP contribution in [-0.2, 0) is 23.8 Å². The molecule has 0 saturated carbocycles. The monoisotopic (exact) mass is 323 g/mol. The molecule has 0 aliphatic rings. The first-order valence-electron chi connectivity index (χ1n) is 7.26. The minimum absolute atomic E-state index is 0.184. The van der Waals surface area contributed by atoms with Gasteiger partial charge in [0.1, 0.15) is 6.61 Å². The Kier molecular flexibility index (Phi) is 7.76. The Hall–Kier alpha value is -2.41.